The number of benzene rings is 1. The molecule has 1 aromatic rings. The molecule has 1 N–H and O–H groups in total. The first-order valence-electron chi connectivity index (χ1n) is 5.23. The first-order chi connectivity index (χ1) is 8.40. The lowest BCUT2D eigenvalue weighted by Crippen LogP contribution is -2.29. The SMILES string of the molecule is C=CCN(CCO)c1ccc(Br)cc1C(F)(F)F. The highest BCUT2D eigenvalue weighted by atomic mass is 79.9. The molecule has 2 nitrogen and oxygen atoms in total. The lowest BCUT2D eigenvalue weighted by molar-refractivity contribution is -0.137. The maximum atomic E-state index is 12.9. The van der Waals surface area contributed by atoms with Crippen LogP contribution < -0.4 is 4.90 Å². The molecule has 0 amide bonds. The van der Waals surface area contributed by atoms with Gasteiger partial charge in [0.15, 0.2) is 0 Å². The minimum Gasteiger partial charge on any atom is -0.395 e. The molecular formula is C12H13BrF3NO. The summed E-state index contributed by atoms with van der Waals surface area (Å²) in [5.41, 5.74) is -0.688. The molecule has 0 saturated carbocycles. The van der Waals surface area contributed by atoms with Crippen LogP contribution in [0.25, 0.3) is 0 Å². The molecule has 1 rings (SSSR count). The van der Waals surface area contributed by atoms with Crippen molar-refractivity contribution in [2.24, 2.45) is 0 Å². The van der Waals surface area contributed by atoms with E-state index in [9.17, 15) is 13.2 Å². The third-order valence-electron chi connectivity index (χ3n) is 2.32. The summed E-state index contributed by atoms with van der Waals surface area (Å²) in [7, 11) is 0. The lowest BCUT2D eigenvalue weighted by atomic mass is 10.1. The summed E-state index contributed by atoms with van der Waals surface area (Å²) in [5.74, 6) is 0. The predicted octanol–water partition coefficient (Wildman–Crippen LogP) is 3.45. The largest absolute Gasteiger partial charge is 0.418 e. The molecular weight excluding hydrogens is 311 g/mol. The van der Waals surface area contributed by atoms with E-state index in [-0.39, 0.29) is 25.4 Å². The maximum Gasteiger partial charge on any atom is 0.418 e. The van der Waals surface area contributed by atoms with Crippen LogP contribution in [0.5, 0.6) is 0 Å². The van der Waals surface area contributed by atoms with Gasteiger partial charge in [0, 0.05) is 23.2 Å². The van der Waals surface area contributed by atoms with Crippen molar-refractivity contribution in [3.63, 3.8) is 0 Å². The quantitative estimate of drug-likeness (QED) is 0.839. The summed E-state index contributed by atoms with van der Waals surface area (Å²) in [6.07, 6.45) is -2.94. The minimum absolute atomic E-state index is 0.0413. The van der Waals surface area contributed by atoms with Gasteiger partial charge in [0.2, 0.25) is 0 Å². The van der Waals surface area contributed by atoms with Crippen molar-refractivity contribution < 1.29 is 18.3 Å². The molecule has 18 heavy (non-hydrogen) atoms. The Morgan fingerprint density at radius 2 is 2.06 bits per heavy atom. The molecule has 0 spiro atoms. The second kappa shape index (κ2) is 6.24. The molecule has 0 radical (unpaired) electrons. The van der Waals surface area contributed by atoms with Crippen LogP contribution in [0.15, 0.2) is 35.3 Å². The number of anilines is 1. The van der Waals surface area contributed by atoms with Crippen molar-refractivity contribution in [2.75, 3.05) is 24.6 Å². The first kappa shape index (κ1) is 15.0. The van der Waals surface area contributed by atoms with Gasteiger partial charge in [-0.3, -0.25) is 0 Å². The molecule has 0 saturated heterocycles. The Kier molecular flexibility index (Phi) is 5.22. The average Bonchev–Trinajstić information content (AvgIpc) is 2.27. The summed E-state index contributed by atoms with van der Waals surface area (Å²) in [6.45, 7) is 3.65. The van der Waals surface area contributed by atoms with E-state index in [1.807, 2.05) is 0 Å². The molecule has 0 aliphatic heterocycles. The van der Waals surface area contributed by atoms with Crippen molar-refractivity contribution in [1.82, 2.24) is 0 Å². The number of rotatable bonds is 5. The van der Waals surface area contributed by atoms with E-state index in [0.717, 1.165) is 6.07 Å². The zero-order chi connectivity index (χ0) is 13.8. The van der Waals surface area contributed by atoms with Crippen LogP contribution in [0.4, 0.5) is 18.9 Å². The standard InChI is InChI=1S/C12H13BrF3NO/c1-2-5-17(6-7-18)11-4-3-9(13)8-10(11)12(14,15)16/h2-4,8,18H,1,5-7H2. The number of hydrogen-bond donors (Lipinski definition) is 1. The highest BCUT2D eigenvalue weighted by molar-refractivity contribution is 9.10. The zero-order valence-electron chi connectivity index (χ0n) is 9.54. The van der Waals surface area contributed by atoms with Crippen molar-refractivity contribution in [3.05, 3.63) is 40.9 Å². The van der Waals surface area contributed by atoms with Gasteiger partial charge >= 0.3 is 6.18 Å². The average molecular weight is 324 g/mol. The number of halogens is 4. The Labute approximate surface area is 112 Å². The third-order valence-corrected chi connectivity index (χ3v) is 2.82. The van der Waals surface area contributed by atoms with Gasteiger partial charge in [-0.05, 0) is 18.2 Å². The van der Waals surface area contributed by atoms with E-state index >= 15 is 0 Å². The van der Waals surface area contributed by atoms with Gasteiger partial charge < -0.3 is 10.0 Å². The summed E-state index contributed by atoms with van der Waals surface area (Å²) in [4.78, 5) is 1.43. The topological polar surface area (TPSA) is 23.5 Å². The van der Waals surface area contributed by atoms with E-state index < -0.39 is 11.7 Å². The fourth-order valence-electron chi connectivity index (χ4n) is 1.60. The van der Waals surface area contributed by atoms with Gasteiger partial charge in [-0.15, -0.1) is 6.58 Å². The maximum absolute atomic E-state index is 12.9. The molecule has 0 aliphatic rings. The van der Waals surface area contributed by atoms with Gasteiger partial charge in [0.25, 0.3) is 0 Å². The molecule has 0 bridgehead atoms. The van der Waals surface area contributed by atoms with Crippen LogP contribution in [0.1, 0.15) is 5.56 Å². The minimum atomic E-state index is -4.44. The third kappa shape index (κ3) is 3.74. The second-order valence-corrected chi connectivity index (χ2v) is 4.53. The van der Waals surface area contributed by atoms with Crippen molar-refractivity contribution in [3.8, 4) is 0 Å². The van der Waals surface area contributed by atoms with E-state index in [4.69, 9.17) is 5.11 Å². The first-order valence-corrected chi connectivity index (χ1v) is 6.03. The van der Waals surface area contributed by atoms with Gasteiger partial charge in [-0.25, -0.2) is 0 Å². The summed E-state index contributed by atoms with van der Waals surface area (Å²) in [5, 5.41) is 8.91. The van der Waals surface area contributed by atoms with Crippen LogP contribution in [-0.2, 0) is 6.18 Å². The van der Waals surface area contributed by atoms with Crippen LogP contribution >= 0.6 is 15.9 Å². The number of nitrogens with zero attached hydrogens (tertiary/aromatic N) is 1. The Morgan fingerprint density at radius 1 is 1.39 bits per heavy atom. The van der Waals surface area contributed by atoms with Gasteiger partial charge in [0.05, 0.1) is 12.2 Å². The molecule has 0 aliphatic carbocycles. The molecule has 0 fully saturated rings. The normalized spacial score (nSPS) is 11.4. The Hall–Kier alpha value is -1.01. The highest BCUT2D eigenvalue weighted by Gasteiger charge is 2.34. The fourth-order valence-corrected chi connectivity index (χ4v) is 1.96. The predicted molar refractivity (Wildman–Crippen MR) is 68.6 cm³/mol. The Bertz CT molecular complexity index is 420. The molecule has 0 heterocycles. The van der Waals surface area contributed by atoms with Crippen molar-refractivity contribution in [2.45, 2.75) is 6.18 Å². The Morgan fingerprint density at radius 3 is 2.56 bits per heavy atom. The monoisotopic (exact) mass is 323 g/mol. The summed E-state index contributed by atoms with van der Waals surface area (Å²) >= 11 is 3.03. The van der Waals surface area contributed by atoms with Crippen molar-refractivity contribution >= 4 is 21.6 Å². The molecule has 0 aromatic heterocycles. The van der Waals surface area contributed by atoms with E-state index in [2.05, 4.69) is 22.5 Å². The fraction of sp³-hybridized carbons (Fsp3) is 0.333. The molecule has 0 atom stereocenters. The van der Waals surface area contributed by atoms with Crippen LogP contribution in [-0.4, -0.2) is 24.8 Å². The van der Waals surface area contributed by atoms with Gasteiger partial charge in [-0.2, -0.15) is 13.2 Å². The molecule has 100 valence electrons. The lowest BCUT2D eigenvalue weighted by Gasteiger charge is -2.26. The van der Waals surface area contributed by atoms with E-state index in [1.165, 1.54) is 23.1 Å². The van der Waals surface area contributed by atoms with Crippen LogP contribution in [0.3, 0.4) is 0 Å². The number of aliphatic hydroxyl groups excluding tert-OH is 1. The summed E-state index contributed by atoms with van der Waals surface area (Å²) in [6, 6.07) is 3.95. The van der Waals surface area contributed by atoms with Gasteiger partial charge in [0.1, 0.15) is 0 Å². The number of aliphatic hydroxyl groups is 1. The van der Waals surface area contributed by atoms with E-state index in [0.29, 0.717) is 4.47 Å². The zero-order valence-corrected chi connectivity index (χ0v) is 11.1. The van der Waals surface area contributed by atoms with E-state index in [1.54, 1.807) is 0 Å². The number of hydrogen-bond acceptors (Lipinski definition) is 2. The van der Waals surface area contributed by atoms with Crippen LogP contribution in [0, 0.1) is 0 Å². The number of alkyl halides is 3. The van der Waals surface area contributed by atoms with Crippen LogP contribution in [0.2, 0.25) is 0 Å². The van der Waals surface area contributed by atoms with Gasteiger partial charge in [-0.1, -0.05) is 22.0 Å². The summed E-state index contributed by atoms with van der Waals surface area (Å²) < 4.78 is 39.2. The Balaban J connectivity index is 3.24. The highest BCUT2D eigenvalue weighted by Crippen LogP contribution is 2.38. The molecule has 0 unspecified atom stereocenters. The smallest absolute Gasteiger partial charge is 0.395 e. The second-order valence-electron chi connectivity index (χ2n) is 3.62. The molecule has 6 heteroatoms. The molecule has 1 aromatic carbocycles. The van der Waals surface area contributed by atoms with Crippen molar-refractivity contribution in [1.29, 1.82) is 0 Å².